The lowest BCUT2D eigenvalue weighted by Crippen LogP contribution is -2.10. The van der Waals surface area contributed by atoms with Crippen molar-refractivity contribution >= 4 is 11.9 Å². The van der Waals surface area contributed by atoms with E-state index in [0.29, 0.717) is 0 Å². The van der Waals surface area contributed by atoms with Gasteiger partial charge in [-0.2, -0.15) is 0 Å². The first-order valence-electron chi connectivity index (χ1n) is 7.92. The lowest BCUT2D eigenvalue weighted by molar-refractivity contribution is 0.0732. The van der Waals surface area contributed by atoms with Crippen LogP contribution in [0.25, 0.3) is 0 Å². The summed E-state index contributed by atoms with van der Waals surface area (Å²) < 4.78 is 10.3. The highest BCUT2D eigenvalue weighted by Crippen LogP contribution is 2.28. The number of hydrogen-bond acceptors (Lipinski definition) is 8. The van der Waals surface area contributed by atoms with Gasteiger partial charge in [0, 0.05) is 6.07 Å². The van der Waals surface area contributed by atoms with E-state index in [4.69, 9.17) is 9.47 Å². The van der Waals surface area contributed by atoms with Gasteiger partial charge in [-0.25, -0.2) is 9.59 Å². The van der Waals surface area contributed by atoms with Gasteiger partial charge in [0.25, 0.3) is 0 Å². The van der Waals surface area contributed by atoms with Crippen LogP contribution < -0.4 is 9.47 Å². The van der Waals surface area contributed by atoms with Crippen LogP contribution in [0.4, 0.5) is 0 Å². The van der Waals surface area contributed by atoms with Crippen LogP contribution in [-0.2, 0) is 0 Å². The molecule has 0 radical (unpaired) electrons. The molecule has 0 aliphatic rings. The van der Waals surface area contributed by atoms with E-state index in [1.54, 1.807) is 0 Å². The zero-order chi connectivity index (χ0) is 20.3. The Morgan fingerprint density at radius 1 is 0.571 bits per heavy atom. The third-order valence-corrected chi connectivity index (χ3v) is 3.65. The van der Waals surface area contributed by atoms with Gasteiger partial charge in [-0.05, 0) is 48.5 Å². The highest BCUT2D eigenvalue weighted by atomic mass is 16.5. The number of phenols is 4. The molecule has 0 spiro atoms. The molecule has 3 aromatic carbocycles. The molecule has 0 amide bonds. The van der Waals surface area contributed by atoms with Crippen molar-refractivity contribution in [3.05, 3.63) is 71.8 Å². The summed E-state index contributed by atoms with van der Waals surface area (Å²) >= 11 is 0. The summed E-state index contributed by atoms with van der Waals surface area (Å²) in [6.45, 7) is 0. The van der Waals surface area contributed by atoms with E-state index in [1.165, 1.54) is 36.4 Å². The molecule has 8 nitrogen and oxygen atoms in total. The van der Waals surface area contributed by atoms with Crippen LogP contribution in [0.15, 0.2) is 60.7 Å². The standard InChI is InChI=1S/C20H14O8/c21-15-6-4-11(8-17(15)23)19(25)27-13-2-1-3-14(10-13)28-20(26)12-5-7-16(22)18(24)9-12/h1-10,21-24H. The highest BCUT2D eigenvalue weighted by molar-refractivity contribution is 5.93. The molecule has 28 heavy (non-hydrogen) atoms. The molecule has 0 aromatic heterocycles. The monoisotopic (exact) mass is 382 g/mol. The number of hydrogen-bond donors (Lipinski definition) is 4. The number of ether oxygens (including phenoxy) is 2. The van der Waals surface area contributed by atoms with Gasteiger partial charge in [-0.3, -0.25) is 0 Å². The predicted octanol–water partition coefficient (Wildman–Crippen LogP) is 2.95. The Labute approximate surface area is 158 Å². The van der Waals surface area contributed by atoms with E-state index < -0.39 is 23.4 Å². The van der Waals surface area contributed by atoms with Crippen LogP contribution >= 0.6 is 0 Å². The Kier molecular flexibility index (Phi) is 5.03. The third-order valence-electron chi connectivity index (χ3n) is 3.65. The zero-order valence-corrected chi connectivity index (χ0v) is 14.2. The third kappa shape index (κ3) is 4.13. The second kappa shape index (κ2) is 7.58. The summed E-state index contributed by atoms with van der Waals surface area (Å²) in [5, 5.41) is 37.5. The minimum atomic E-state index is -0.790. The number of benzene rings is 3. The highest BCUT2D eigenvalue weighted by Gasteiger charge is 2.14. The fraction of sp³-hybridized carbons (Fsp3) is 0. The average Bonchev–Trinajstić information content (AvgIpc) is 2.66. The van der Waals surface area contributed by atoms with Crippen molar-refractivity contribution in [2.75, 3.05) is 0 Å². The number of carbonyl (C=O) groups is 2. The first-order valence-corrected chi connectivity index (χ1v) is 7.92. The minimum absolute atomic E-state index is 0.0114. The number of carbonyl (C=O) groups excluding carboxylic acids is 2. The summed E-state index contributed by atoms with van der Waals surface area (Å²) in [6.07, 6.45) is 0. The lowest BCUT2D eigenvalue weighted by atomic mass is 10.2. The summed E-state index contributed by atoms with van der Waals surface area (Å²) in [5.41, 5.74) is 0.0227. The van der Waals surface area contributed by atoms with Crippen LogP contribution in [0.2, 0.25) is 0 Å². The molecule has 3 rings (SSSR count). The largest absolute Gasteiger partial charge is 0.504 e. The molecule has 0 aliphatic carbocycles. The van der Waals surface area contributed by atoms with Gasteiger partial charge < -0.3 is 29.9 Å². The SMILES string of the molecule is O=C(Oc1cccc(OC(=O)c2ccc(O)c(O)c2)c1)c1ccc(O)c(O)c1. The molecule has 0 atom stereocenters. The Morgan fingerprint density at radius 3 is 1.39 bits per heavy atom. The molecular formula is C20H14O8. The number of esters is 2. The summed E-state index contributed by atoms with van der Waals surface area (Å²) in [5.74, 6) is -3.09. The van der Waals surface area contributed by atoms with Crippen molar-refractivity contribution in [2.24, 2.45) is 0 Å². The van der Waals surface area contributed by atoms with Gasteiger partial charge in [0.2, 0.25) is 0 Å². The molecule has 0 aliphatic heterocycles. The molecule has 0 heterocycles. The van der Waals surface area contributed by atoms with E-state index in [-0.39, 0.29) is 34.1 Å². The van der Waals surface area contributed by atoms with E-state index in [1.807, 2.05) is 0 Å². The maximum atomic E-state index is 12.1. The maximum absolute atomic E-state index is 12.1. The molecule has 8 heteroatoms. The van der Waals surface area contributed by atoms with Gasteiger partial charge in [0.05, 0.1) is 11.1 Å². The number of aromatic hydroxyl groups is 4. The van der Waals surface area contributed by atoms with Gasteiger partial charge in [0.1, 0.15) is 11.5 Å². The van der Waals surface area contributed by atoms with Crippen LogP contribution in [0, 0.1) is 0 Å². The van der Waals surface area contributed by atoms with Crippen molar-refractivity contribution in [2.45, 2.75) is 0 Å². The second-order valence-corrected chi connectivity index (χ2v) is 5.66. The van der Waals surface area contributed by atoms with Gasteiger partial charge in [-0.1, -0.05) is 6.07 Å². The summed E-state index contributed by atoms with van der Waals surface area (Å²) in [6, 6.07) is 12.7. The van der Waals surface area contributed by atoms with Crippen LogP contribution in [0.5, 0.6) is 34.5 Å². The maximum Gasteiger partial charge on any atom is 0.343 e. The van der Waals surface area contributed by atoms with Crippen LogP contribution in [0.3, 0.4) is 0 Å². The fourth-order valence-electron chi connectivity index (χ4n) is 2.23. The van der Waals surface area contributed by atoms with E-state index in [0.717, 1.165) is 24.3 Å². The Morgan fingerprint density at radius 2 is 1.00 bits per heavy atom. The second-order valence-electron chi connectivity index (χ2n) is 5.66. The van der Waals surface area contributed by atoms with E-state index in [9.17, 15) is 30.0 Å². The average molecular weight is 382 g/mol. The quantitative estimate of drug-likeness (QED) is 0.307. The smallest absolute Gasteiger partial charge is 0.343 e. The normalized spacial score (nSPS) is 10.3. The van der Waals surface area contributed by atoms with Crippen LogP contribution in [-0.4, -0.2) is 32.4 Å². The minimum Gasteiger partial charge on any atom is -0.504 e. The fourth-order valence-corrected chi connectivity index (χ4v) is 2.23. The zero-order valence-electron chi connectivity index (χ0n) is 14.2. The molecule has 4 N–H and O–H groups in total. The molecule has 0 saturated heterocycles. The lowest BCUT2D eigenvalue weighted by Gasteiger charge is -2.08. The van der Waals surface area contributed by atoms with Gasteiger partial charge in [0.15, 0.2) is 23.0 Å². The summed E-state index contributed by atoms with van der Waals surface area (Å²) in [4.78, 5) is 24.3. The van der Waals surface area contributed by atoms with Crippen molar-refractivity contribution in [1.82, 2.24) is 0 Å². The number of rotatable bonds is 4. The van der Waals surface area contributed by atoms with Gasteiger partial charge in [-0.15, -0.1) is 0 Å². The number of phenolic OH excluding ortho intramolecular Hbond substituents is 4. The molecule has 0 saturated carbocycles. The first kappa shape index (κ1) is 18.6. The Bertz CT molecular complexity index is 977. The molecule has 0 unspecified atom stereocenters. The predicted molar refractivity (Wildman–Crippen MR) is 95.9 cm³/mol. The topological polar surface area (TPSA) is 134 Å². The van der Waals surface area contributed by atoms with Crippen molar-refractivity contribution in [1.29, 1.82) is 0 Å². The molecule has 0 fully saturated rings. The Hall–Kier alpha value is -4.20. The van der Waals surface area contributed by atoms with Gasteiger partial charge >= 0.3 is 11.9 Å². The molecular weight excluding hydrogens is 368 g/mol. The van der Waals surface area contributed by atoms with E-state index >= 15 is 0 Å². The summed E-state index contributed by atoms with van der Waals surface area (Å²) in [7, 11) is 0. The molecule has 142 valence electrons. The molecule has 0 bridgehead atoms. The van der Waals surface area contributed by atoms with Crippen molar-refractivity contribution < 1.29 is 39.5 Å². The van der Waals surface area contributed by atoms with Crippen molar-refractivity contribution in [3.63, 3.8) is 0 Å². The Balaban J connectivity index is 1.72. The first-order chi connectivity index (χ1) is 13.3. The van der Waals surface area contributed by atoms with Crippen molar-refractivity contribution in [3.8, 4) is 34.5 Å². The van der Waals surface area contributed by atoms with E-state index in [2.05, 4.69) is 0 Å². The molecule has 3 aromatic rings. The van der Waals surface area contributed by atoms with Crippen LogP contribution in [0.1, 0.15) is 20.7 Å².